The van der Waals surface area contributed by atoms with Gasteiger partial charge in [0.15, 0.2) is 0 Å². The van der Waals surface area contributed by atoms with Crippen LogP contribution >= 0.6 is 11.6 Å². The van der Waals surface area contributed by atoms with Crippen LogP contribution in [0, 0.1) is 0 Å². The number of nitrogens with one attached hydrogen (secondary N) is 2. The largest absolute Gasteiger partial charge is 0.351 e. The van der Waals surface area contributed by atoms with E-state index in [4.69, 9.17) is 11.6 Å². The second-order valence-corrected chi connectivity index (χ2v) is 11.9. The van der Waals surface area contributed by atoms with Gasteiger partial charge < -0.3 is 10.6 Å². The second kappa shape index (κ2) is 7.95. The van der Waals surface area contributed by atoms with Gasteiger partial charge in [0.1, 0.15) is 0 Å². The molecule has 2 aliphatic heterocycles. The van der Waals surface area contributed by atoms with E-state index in [0.717, 1.165) is 0 Å². The van der Waals surface area contributed by atoms with Gasteiger partial charge in [-0.25, -0.2) is 0 Å². The van der Waals surface area contributed by atoms with Gasteiger partial charge in [0.05, 0.1) is 0 Å². The Kier molecular flexibility index (Phi) is 6.25. The topological polar surface area (TPSA) is 109 Å². The lowest BCUT2D eigenvalue weighted by atomic mass is 9.79. The van der Waals surface area contributed by atoms with E-state index < -0.39 is 22.2 Å². The molecule has 0 saturated carbocycles. The first-order chi connectivity index (χ1) is 14.0. The third-order valence-corrected chi connectivity index (χ3v) is 6.63. The summed E-state index contributed by atoms with van der Waals surface area (Å²) in [5.74, 6) is 0.775. The van der Waals surface area contributed by atoms with Gasteiger partial charge in [-0.2, -0.15) is 15.0 Å². The molecule has 0 unspecified atom stereocenters. The lowest BCUT2D eigenvalue weighted by Crippen LogP contribution is -2.60. The predicted octanol–water partition coefficient (Wildman–Crippen LogP) is 4.08. The summed E-state index contributed by atoms with van der Waals surface area (Å²) in [6.07, 6.45) is 2.65. The predicted molar refractivity (Wildman–Crippen MR) is 119 cm³/mol. The number of halogens is 1. The van der Waals surface area contributed by atoms with E-state index in [1.165, 1.54) is 10.1 Å². The molecule has 0 amide bonds. The summed E-state index contributed by atoms with van der Waals surface area (Å²) in [6, 6.07) is 0.0613. The molecule has 2 radical (unpaired) electrons. The summed E-state index contributed by atoms with van der Waals surface area (Å²) in [4.78, 5) is 13.0. The number of piperidine rings is 2. The molecule has 0 aromatic carbocycles. The highest BCUT2D eigenvalue weighted by atomic mass is 35.5. The van der Waals surface area contributed by atoms with Crippen molar-refractivity contribution in [1.82, 2.24) is 25.1 Å². The van der Waals surface area contributed by atoms with Crippen LogP contribution in [0.25, 0.3) is 0 Å². The molecule has 2 fully saturated rings. The average molecular weight is 454 g/mol. The Balaban J connectivity index is 1.75. The molecule has 2 N–H and O–H groups in total. The van der Waals surface area contributed by atoms with Crippen molar-refractivity contribution < 1.29 is 10.4 Å². The van der Waals surface area contributed by atoms with Crippen LogP contribution in [0.3, 0.4) is 0 Å². The molecule has 2 saturated heterocycles. The maximum atomic E-state index is 12.6. The van der Waals surface area contributed by atoms with Crippen LogP contribution in [0.4, 0.5) is 11.9 Å². The van der Waals surface area contributed by atoms with Crippen LogP contribution in [-0.2, 0) is 10.4 Å². The van der Waals surface area contributed by atoms with Gasteiger partial charge in [-0.1, -0.05) is 0 Å². The van der Waals surface area contributed by atoms with Crippen molar-refractivity contribution in [2.45, 2.75) is 115 Å². The van der Waals surface area contributed by atoms with Gasteiger partial charge in [0, 0.05) is 34.2 Å². The summed E-state index contributed by atoms with van der Waals surface area (Å²) in [6.45, 7) is 15.6. The molecule has 10 heteroatoms. The van der Waals surface area contributed by atoms with Gasteiger partial charge in [-0.15, -0.1) is 20.5 Å². The third kappa shape index (κ3) is 5.22. The minimum Gasteiger partial charge on any atom is -0.351 e. The number of anilines is 2. The molecular weight excluding hydrogens is 418 g/mol. The Bertz CT molecular complexity index is 717. The molecule has 2 aliphatic rings. The quantitative estimate of drug-likeness (QED) is 0.706. The number of hydrogen-bond donors (Lipinski definition) is 2. The van der Waals surface area contributed by atoms with Gasteiger partial charge in [0.25, 0.3) is 0 Å². The minimum absolute atomic E-state index is 0.0306. The number of nitrogens with zero attached hydrogens (tertiary/aromatic N) is 5. The Morgan fingerprint density at radius 1 is 0.677 bits per heavy atom. The first kappa shape index (κ1) is 24.4. The molecule has 0 aliphatic carbocycles. The molecule has 9 nitrogen and oxygen atoms in total. The van der Waals surface area contributed by atoms with E-state index in [1.807, 2.05) is 55.4 Å². The number of hydrogen-bond acceptors (Lipinski definition) is 7. The minimum atomic E-state index is -0.499. The summed E-state index contributed by atoms with van der Waals surface area (Å²) in [7, 11) is 0. The third-order valence-electron chi connectivity index (χ3n) is 6.46. The van der Waals surface area contributed by atoms with Gasteiger partial charge in [0.2, 0.25) is 17.2 Å². The van der Waals surface area contributed by atoms with Crippen LogP contribution < -0.4 is 10.6 Å². The van der Waals surface area contributed by atoms with Crippen LogP contribution in [-0.4, -0.2) is 59.3 Å². The molecular formula is C21H36ClN7O2. The Labute approximate surface area is 190 Å². The van der Waals surface area contributed by atoms with Crippen LogP contribution in [0.1, 0.15) is 81.1 Å². The van der Waals surface area contributed by atoms with Crippen molar-refractivity contribution in [3.63, 3.8) is 0 Å². The summed E-state index contributed by atoms with van der Waals surface area (Å²) in [5, 5.41) is 34.4. The van der Waals surface area contributed by atoms with Crippen molar-refractivity contribution in [3.8, 4) is 0 Å². The molecule has 31 heavy (non-hydrogen) atoms. The molecule has 3 rings (SSSR count). The lowest BCUT2D eigenvalue weighted by molar-refractivity contribution is -0.288. The van der Waals surface area contributed by atoms with E-state index in [9.17, 15) is 10.4 Å². The Hall–Kier alpha value is -1.26. The standard InChI is InChI=1S/C21H36ClN7O2/c1-18(2)9-13(10-19(3,4)28(18)30)23-16-25-15(22)26-17(27-16)24-14-11-20(5,6)29(31)21(7,8)12-14/h13-14H,9-12H2,1-8H3,(H2,23,24,25,26,27). The van der Waals surface area contributed by atoms with Gasteiger partial charge in [-0.3, -0.25) is 0 Å². The molecule has 1 aromatic rings. The zero-order valence-corrected chi connectivity index (χ0v) is 20.7. The molecule has 0 bridgehead atoms. The van der Waals surface area contributed by atoms with Gasteiger partial charge >= 0.3 is 0 Å². The van der Waals surface area contributed by atoms with E-state index in [1.54, 1.807) is 0 Å². The van der Waals surface area contributed by atoms with Gasteiger partial charge in [-0.05, 0) is 92.7 Å². The summed E-state index contributed by atoms with van der Waals surface area (Å²) in [5.41, 5.74) is -2.00. The second-order valence-electron chi connectivity index (χ2n) is 11.6. The zero-order valence-electron chi connectivity index (χ0n) is 19.9. The maximum absolute atomic E-state index is 12.6. The molecule has 3 heterocycles. The number of hydroxylamine groups is 4. The van der Waals surface area contributed by atoms with Crippen LogP contribution in [0.2, 0.25) is 5.28 Å². The van der Waals surface area contributed by atoms with Crippen LogP contribution in [0.5, 0.6) is 0 Å². The van der Waals surface area contributed by atoms with E-state index >= 15 is 0 Å². The fraction of sp³-hybridized carbons (Fsp3) is 0.857. The smallest absolute Gasteiger partial charge is 0.229 e. The molecule has 174 valence electrons. The Morgan fingerprint density at radius 3 is 1.26 bits per heavy atom. The van der Waals surface area contributed by atoms with E-state index in [-0.39, 0.29) is 17.4 Å². The summed E-state index contributed by atoms with van der Waals surface area (Å²) < 4.78 is 0. The van der Waals surface area contributed by atoms with Crippen molar-refractivity contribution in [2.24, 2.45) is 0 Å². The van der Waals surface area contributed by atoms with E-state index in [0.29, 0.717) is 37.6 Å². The fourth-order valence-electron chi connectivity index (χ4n) is 5.58. The Morgan fingerprint density at radius 2 is 0.968 bits per heavy atom. The van der Waals surface area contributed by atoms with Crippen molar-refractivity contribution in [3.05, 3.63) is 5.28 Å². The van der Waals surface area contributed by atoms with Crippen molar-refractivity contribution >= 4 is 23.5 Å². The average Bonchev–Trinajstić information content (AvgIpc) is 2.56. The number of aromatic nitrogens is 3. The highest BCUT2D eigenvalue weighted by Crippen LogP contribution is 2.39. The van der Waals surface area contributed by atoms with Crippen LogP contribution in [0.15, 0.2) is 0 Å². The normalized spacial score (nSPS) is 26.5. The first-order valence-corrected chi connectivity index (χ1v) is 11.3. The summed E-state index contributed by atoms with van der Waals surface area (Å²) >= 11 is 6.20. The first-order valence-electron chi connectivity index (χ1n) is 10.9. The highest BCUT2D eigenvalue weighted by molar-refractivity contribution is 6.28. The van der Waals surface area contributed by atoms with Crippen molar-refractivity contribution in [1.29, 1.82) is 0 Å². The monoisotopic (exact) mass is 453 g/mol. The molecule has 0 atom stereocenters. The number of rotatable bonds is 4. The zero-order chi connectivity index (χ0) is 23.4. The molecule has 0 spiro atoms. The van der Waals surface area contributed by atoms with E-state index in [2.05, 4.69) is 25.6 Å². The SMILES string of the molecule is CC1(C)CC(Nc2nc(Cl)nc(NC3CC(C)(C)N([O])C(C)(C)C3)n2)CC(C)(C)N1[O]. The lowest BCUT2D eigenvalue weighted by Gasteiger charge is -2.50. The fourth-order valence-corrected chi connectivity index (χ4v) is 5.74. The maximum Gasteiger partial charge on any atom is 0.229 e. The van der Waals surface area contributed by atoms with Crippen molar-refractivity contribution in [2.75, 3.05) is 10.6 Å². The molecule has 1 aromatic heterocycles. The highest BCUT2D eigenvalue weighted by Gasteiger charge is 2.47.